The van der Waals surface area contributed by atoms with E-state index in [-0.39, 0.29) is 23.9 Å². The van der Waals surface area contributed by atoms with Gasteiger partial charge >= 0.3 is 0 Å². The highest BCUT2D eigenvalue weighted by molar-refractivity contribution is 7.89. The van der Waals surface area contributed by atoms with Crippen LogP contribution in [0, 0.1) is 0 Å². The first-order valence-corrected chi connectivity index (χ1v) is 8.44. The van der Waals surface area contributed by atoms with Gasteiger partial charge in [-0.15, -0.1) is 0 Å². The van der Waals surface area contributed by atoms with E-state index in [0.717, 1.165) is 12.0 Å². The lowest BCUT2D eigenvalue weighted by atomic mass is 10.1. The standard InChI is InChI=1S/C14H23N3O3S/c1-3-13(16-2)11-6-4-7-12(10-11)21(19,20)17-9-5-8-14(15)18/h4,6-7,10,13,16-17H,3,5,8-9H2,1-2H3,(H2,15,18). The molecule has 7 heteroatoms. The van der Waals surface area contributed by atoms with Crippen LogP contribution in [0.5, 0.6) is 0 Å². The summed E-state index contributed by atoms with van der Waals surface area (Å²) in [7, 11) is -1.72. The molecule has 0 saturated heterocycles. The molecule has 1 unspecified atom stereocenters. The Morgan fingerprint density at radius 2 is 2.10 bits per heavy atom. The van der Waals surface area contributed by atoms with E-state index in [1.165, 1.54) is 0 Å². The minimum Gasteiger partial charge on any atom is -0.370 e. The second-order valence-corrected chi connectivity index (χ2v) is 6.56. The highest BCUT2D eigenvalue weighted by Crippen LogP contribution is 2.19. The second-order valence-electron chi connectivity index (χ2n) is 4.79. The van der Waals surface area contributed by atoms with Crippen molar-refractivity contribution in [3.63, 3.8) is 0 Å². The lowest BCUT2D eigenvalue weighted by Crippen LogP contribution is -2.26. The minimum atomic E-state index is -3.56. The molecule has 0 aliphatic heterocycles. The van der Waals surface area contributed by atoms with Gasteiger partial charge in [-0.3, -0.25) is 4.79 Å². The molecule has 0 spiro atoms. The number of nitrogens with two attached hydrogens (primary N) is 1. The van der Waals surface area contributed by atoms with Crippen LogP contribution < -0.4 is 15.8 Å². The fourth-order valence-corrected chi connectivity index (χ4v) is 3.19. The van der Waals surface area contributed by atoms with Crippen molar-refractivity contribution in [2.75, 3.05) is 13.6 Å². The largest absolute Gasteiger partial charge is 0.370 e. The van der Waals surface area contributed by atoms with Crippen molar-refractivity contribution in [3.8, 4) is 0 Å². The molecule has 0 aliphatic carbocycles. The fourth-order valence-electron chi connectivity index (χ4n) is 2.06. The first-order chi connectivity index (χ1) is 9.90. The number of sulfonamides is 1. The van der Waals surface area contributed by atoms with Crippen LogP contribution in [0.4, 0.5) is 0 Å². The normalized spacial score (nSPS) is 13.0. The molecular weight excluding hydrogens is 290 g/mol. The first-order valence-electron chi connectivity index (χ1n) is 6.96. The van der Waals surface area contributed by atoms with E-state index in [4.69, 9.17) is 5.73 Å². The summed E-state index contributed by atoms with van der Waals surface area (Å²) in [6.07, 6.45) is 1.43. The van der Waals surface area contributed by atoms with Crippen LogP contribution in [0.1, 0.15) is 37.8 Å². The highest BCUT2D eigenvalue weighted by atomic mass is 32.2. The summed E-state index contributed by atoms with van der Waals surface area (Å²) in [5, 5.41) is 3.14. The zero-order valence-electron chi connectivity index (χ0n) is 12.4. The third-order valence-corrected chi connectivity index (χ3v) is 4.68. The van der Waals surface area contributed by atoms with E-state index in [9.17, 15) is 13.2 Å². The molecule has 4 N–H and O–H groups in total. The van der Waals surface area contributed by atoms with Crippen LogP contribution in [0.25, 0.3) is 0 Å². The third kappa shape index (κ3) is 5.45. The SMILES string of the molecule is CCC(NC)c1cccc(S(=O)(=O)NCCCC(N)=O)c1. The predicted octanol–water partition coefficient (Wildman–Crippen LogP) is 0.901. The van der Waals surface area contributed by atoms with Crippen LogP contribution in [-0.2, 0) is 14.8 Å². The lowest BCUT2D eigenvalue weighted by Gasteiger charge is -2.15. The first kappa shape index (κ1) is 17.6. The number of nitrogens with one attached hydrogen (secondary N) is 2. The topological polar surface area (TPSA) is 101 Å². The van der Waals surface area contributed by atoms with Gasteiger partial charge in [0.1, 0.15) is 0 Å². The summed E-state index contributed by atoms with van der Waals surface area (Å²) >= 11 is 0. The molecule has 6 nitrogen and oxygen atoms in total. The molecule has 1 aromatic rings. The number of benzene rings is 1. The summed E-state index contributed by atoms with van der Waals surface area (Å²) in [6, 6.07) is 6.98. The van der Waals surface area contributed by atoms with E-state index in [2.05, 4.69) is 10.0 Å². The number of rotatable bonds is 9. The lowest BCUT2D eigenvalue weighted by molar-refractivity contribution is -0.118. The molecule has 1 amide bonds. The monoisotopic (exact) mass is 313 g/mol. The van der Waals surface area contributed by atoms with Crippen molar-refractivity contribution in [2.24, 2.45) is 5.73 Å². The summed E-state index contributed by atoms with van der Waals surface area (Å²) in [5.74, 6) is -0.434. The molecule has 0 bridgehead atoms. The minimum absolute atomic E-state index is 0.120. The van der Waals surface area contributed by atoms with Crippen molar-refractivity contribution in [2.45, 2.75) is 37.1 Å². The van der Waals surface area contributed by atoms with Crippen LogP contribution in [0.3, 0.4) is 0 Å². The van der Waals surface area contributed by atoms with Crippen molar-refractivity contribution < 1.29 is 13.2 Å². The number of hydrogen-bond donors (Lipinski definition) is 3. The molecule has 1 atom stereocenters. The number of hydrogen-bond acceptors (Lipinski definition) is 4. The number of amides is 1. The molecule has 0 fully saturated rings. The van der Waals surface area contributed by atoms with Gasteiger partial charge in [-0.05, 0) is 37.6 Å². The Bertz CT molecular complexity index is 569. The Kier molecular flexibility index (Phi) is 6.80. The van der Waals surface area contributed by atoms with Gasteiger partial charge in [0.25, 0.3) is 0 Å². The molecule has 118 valence electrons. The van der Waals surface area contributed by atoms with Gasteiger partial charge < -0.3 is 11.1 Å². The number of carbonyl (C=O) groups excluding carboxylic acids is 1. The van der Waals surface area contributed by atoms with Gasteiger partial charge in [-0.2, -0.15) is 0 Å². The van der Waals surface area contributed by atoms with Gasteiger partial charge in [0, 0.05) is 19.0 Å². The highest BCUT2D eigenvalue weighted by Gasteiger charge is 2.15. The van der Waals surface area contributed by atoms with E-state index < -0.39 is 15.9 Å². The average molecular weight is 313 g/mol. The molecule has 0 aromatic heterocycles. The molecule has 1 aromatic carbocycles. The zero-order valence-corrected chi connectivity index (χ0v) is 13.2. The fraction of sp³-hybridized carbons (Fsp3) is 0.500. The van der Waals surface area contributed by atoms with Crippen molar-refractivity contribution in [1.29, 1.82) is 0 Å². The van der Waals surface area contributed by atoms with Crippen LogP contribution in [0.2, 0.25) is 0 Å². The molecule has 0 heterocycles. The summed E-state index contributed by atoms with van der Waals surface area (Å²) in [4.78, 5) is 10.8. The van der Waals surface area contributed by atoms with E-state index in [1.807, 2.05) is 20.0 Å². The molecule has 0 radical (unpaired) electrons. The summed E-state index contributed by atoms with van der Waals surface area (Å²) in [6.45, 7) is 2.23. The molecular formula is C14H23N3O3S. The van der Waals surface area contributed by atoms with Gasteiger partial charge in [0.05, 0.1) is 4.90 Å². The Morgan fingerprint density at radius 1 is 1.38 bits per heavy atom. The van der Waals surface area contributed by atoms with Crippen LogP contribution in [-0.4, -0.2) is 27.9 Å². The van der Waals surface area contributed by atoms with Crippen LogP contribution in [0.15, 0.2) is 29.2 Å². The third-order valence-electron chi connectivity index (χ3n) is 3.22. The maximum absolute atomic E-state index is 12.2. The Hall–Kier alpha value is -1.44. The summed E-state index contributed by atoms with van der Waals surface area (Å²) in [5.41, 5.74) is 5.94. The number of primary amides is 1. The van der Waals surface area contributed by atoms with Crippen molar-refractivity contribution >= 4 is 15.9 Å². The Morgan fingerprint density at radius 3 is 2.67 bits per heavy atom. The zero-order chi connectivity index (χ0) is 15.9. The Labute approximate surface area is 126 Å². The van der Waals surface area contributed by atoms with E-state index in [0.29, 0.717) is 6.42 Å². The van der Waals surface area contributed by atoms with Gasteiger partial charge in [0.15, 0.2) is 0 Å². The van der Waals surface area contributed by atoms with Crippen molar-refractivity contribution in [1.82, 2.24) is 10.0 Å². The number of carbonyl (C=O) groups is 1. The van der Waals surface area contributed by atoms with Gasteiger partial charge in [-0.25, -0.2) is 13.1 Å². The molecule has 1 rings (SSSR count). The average Bonchev–Trinajstić information content (AvgIpc) is 2.45. The quantitative estimate of drug-likeness (QED) is 0.590. The molecule has 0 saturated carbocycles. The summed E-state index contributed by atoms with van der Waals surface area (Å²) < 4.78 is 26.8. The second kappa shape index (κ2) is 8.11. The van der Waals surface area contributed by atoms with Crippen molar-refractivity contribution in [3.05, 3.63) is 29.8 Å². The predicted molar refractivity (Wildman–Crippen MR) is 82.2 cm³/mol. The molecule has 0 aliphatic rings. The maximum Gasteiger partial charge on any atom is 0.240 e. The van der Waals surface area contributed by atoms with E-state index in [1.54, 1.807) is 18.2 Å². The van der Waals surface area contributed by atoms with Gasteiger partial charge in [0.2, 0.25) is 15.9 Å². The van der Waals surface area contributed by atoms with Crippen LogP contribution >= 0.6 is 0 Å². The van der Waals surface area contributed by atoms with Gasteiger partial charge in [-0.1, -0.05) is 19.1 Å². The molecule has 21 heavy (non-hydrogen) atoms. The van der Waals surface area contributed by atoms with E-state index >= 15 is 0 Å². The Balaban J connectivity index is 2.79. The maximum atomic E-state index is 12.2. The smallest absolute Gasteiger partial charge is 0.240 e.